The van der Waals surface area contributed by atoms with E-state index in [2.05, 4.69) is 4.74 Å². The zero-order chi connectivity index (χ0) is 9.35. The zero-order valence-corrected chi connectivity index (χ0v) is 6.52. The molecule has 0 N–H and O–H groups in total. The molecule has 0 aliphatic heterocycles. The first-order chi connectivity index (χ1) is 5.38. The number of ether oxygens (including phenoxy) is 1. The Balaban J connectivity index is 2.22. The highest BCUT2D eigenvalue weighted by atomic mass is 19.4. The Morgan fingerprint density at radius 3 is 2.25 bits per heavy atom. The van der Waals surface area contributed by atoms with Crippen LogP contribution in [-0.4, -0.2) is 18.2 Å². The van der Waals surface area contributed by atoms with Crippen molar-refractivity contribution in [3.05, 3.63) is 0 Å². The largest absolute Gasteiger partial charge is 0.522 e. The predicted octanol–water partition coefficient (Wildman–Crippen LogP) is 1.89. The highest BCUT2D eigenvalue weighted by Crippen LogP contribution is 2.34. The molecule has 1 saturated carbocycles. The van der Waals surface area contributed by atoms with Crippen molar-refractivity contribution in [3.8, 4) is 0 Å². The van der Waals surface area contributed by atoms with Crippen LogP contribution in [0.25, 0.3) is 0 Å². The lowest BCUT2D eigenvalue weighted by Gasteiger charge is -2.33. The minimum atomic E-state index is -4.56. The van der Waals surface area contributed by atoms with Gasteiger partial charge < -0.3 is 0 Å². The van der Waals surface area contributed by atoms with Crippen LogP contribution in [0.1, 0.15) is 19.8 Å². The summed E-state index contributed by atoms with van der Waals surface area (Å²) in [6.07, 6.45) is -4.96. The molecule has 0 spiro atoms. The second-order valence-electron chi connectivity index (χ2n) is 2.96. The molecule has 5 heteroatoms. The number of Topliss-reactive ketones (excluding diaryl/α,β-unsaturated/α-hetero) is 1. The van der Waals surface area contributed by atoms with Crippen molar-refractivity contribution in [2.45, 2.75) is 32.2 Å². The van der Waals surface area contributed by atoms with Gasteiger partial charge in [-0.2, -0.15) is 0 Å². The highest BCUT2D eigenvalue weighted by molar-refractivity contribution is 5.79. The van der Waals surface area contributed by atoms with E-state index >= 15 is 0 Å². The number of carbonyl (C=O) groups excluding carboxylic acids is 1. The zero-order valence-electron chi connectivity index (χ0n) is 6.52. The molecule has 0 bridgehead atoms. The molecule has 0 radical (unpaired) electrons. The van der Waals surface area contributed by atoms with Crippen molar-refractivity contribution in [2.75, 3.05) is 0 Å². The van der Waals surface area contributed by atoms with Crippen LogP contribution in [0.3, 0.4) is 0 Å². The summed E-state index contributed by atoms with van der Waals surface area (Å²) in [5.74, 6) is -0.283. The molecular weight excluding hydrogens is 173 g/mol. The summed E-state index contributed by atoms with van der Waals surface area (Å²) in [7, 11) is 0. The summed E-state index contributed by atoms with van der Waals surface area (Å²) in [6.45, 7) is 1.38. The van der Waals surface area contributed by atoms with Gasteiger partial charge in [-0.15, -0.1) is 13.2 Å². The lowest BCUT2D eigenvalue weighted by atomic mass is 9.80. The molecule has 12 heavy (non-hydrogen) atoms. The number of hydrogen-bond donors (Lipinski definition) is 0. The normalized spacial score (nSPS) is 29.7. The molecule has 1 aliphatic rings. The van der Waals surface area contributed by atoms with E-state index in [1.165, 1.54) is 6.92 Å². The Labute approximate surface area is 67.7 Å². The number of rotatable bonds is 2. The van der Waals surface area contributed by atoms with E-state index in [-0.39, 0.29) is 24.5 Å². The molecule has 0 aromatic carbocycles. The van der Waals surface area contributed by atoms with Gasteiger partial charge in [-0.3, -0.25) is 9.53 Å². The van der Waals surface area contributed by atoms with Crippen LogP contribution in [-0.2, 0) is 9.53 Å². The van der Waals surface area contributed by atoms with E-state index in [1.54, 1.807) is 0 Å². The Hall–Kier alpha value is -0.580. The summed E-state index contributed by atoms with van der Waals surface area (Å²) in [5.41, 5.74) is 0. The molecular formula is C7H9F3O2. The third-order valence-corrected chi connectivity index (χ3v) is 1.97. The first kappa shape index (κ1) is 9.51. The lowest BCUT2D eigenvalue weighted by molar-refractivity contribution is -0.353. The molecule has 2 nitrogen and oxygen atoms in total. The van der Waals surface area contributed by atoms with Gasteiger partial charge in [-0.1, -0.05) is 0 Å². The Morgan fingerprint density at radius 1 is 1.42 bits per heavy atom. The summed E-state index contributed by atoms with van der Waals surface area (Å²) in [4.78, 5) is 10.6. The number of hydrogen-bond acceptors (Lipinski definition) is 2. The summed E-state index contributed by atoms with van der Waals surface area (Å²) in [5, 5.41) is 0. The average molecular weight is 182 g/mol. The molecule has 0 atom stereocenters. The van der Waals surface area contributed by atoms with E-state index in [0.717, 1.165) is 0 Å². The molecule has 0 unspecified atom stereocenters. The first-order valence-corrected chi connectivity index (χ1v) is 3.63. The number of halogens is 3. The molecule has 1 aliphatic carbocycles. The Bertz CT molecular complexity index is 182. The van der Waals surface area contributed by atoms with E-state index in [4.69, 9.17) is 0 Å². The van der Waals surface area contributed by atoms with Gasteiger partial charge in [0.2, 0.25) is 0 Å². The third kappa shape index (κ3) is 2.48. The second kappa shape index (κ2) is 3.05. The average Bonchev–Trinajstić information content (AvgIpc) is 1.74. The molecule has 0 amide bonds. The van der Waals surface area contributed by atoms with Crippen LogP contribution in [0, 0.1) is 5.92 Å². The number of alkyl halides is 3. The second-order valence-corrected chi connectivity index (χ2v) is 2.96. The van der Waals surface area contributed by atoms with Crippen molar-refractivity contribution in [2.24, 2.45) is 5.92 Å². The maximum absolute atomic E-state index is 11.5. The monoisotopic (exact) mass is 182 g/mol. The van der Waals surface area contributed by atoms with E-state index < -0.39 is 12.5 Å². The van der Waals surface area contributed by atoms with Gasteiger partial charge in [-0.25, -0.2) is 0 Å². The Kier molecular flexibility index (Phi) is 2.41. The predicted molar refractivity (Wildman–Crippen MR) is 34.3 cm³/mol. The van der Waals surface area contributed by atoms with Crippen molar-refractivity contribution in [1.29, 1.82) is 0 Å². The van der Waals surface area contributed by atoms with Gasteiger partial charge in [0.25, 0.3) is 0 Å². The fourth-order valence-corrected chi connectivity index (χ4v) is 1.18. The quantitative estimate of drug-likeness (QED) is 0.651. The third-order valence-electron chi connectivity index (χ3n) is 1.97. The van der Waals surface area contributed by atoms with Gasteiger partial charge in [0.05, 0.1) is 6.10 Å². The molecule has 1 rings (SSSR count). The summed E-state index contributed by atoms with van der Waals surface area (Å²) >= 11 is 0. The van der Waals surface area contributed by atoms with Gasteiger partial charge in [0.15, 0.2) is 0 Å². The standard InChI is InChI=1S/C7H9F3O2/c1-4(11)5-2-6(3-5)12-7(8,9)10/h5-6H,2-3H2,1H3. The fraction of sp³-hybridized carbons (Fsp3) is 0.857. The van der Waals surface area contributed by atoms with Crippen LogP contribution in [0.4, 0.5) is 13.2 Å². The molecule has 1 fully saturated rings. The van der Waals surface area contributed by atoms with Gasteiger partial charge >= 0.3 is 6.36 Å². The van der Waals surface area contributed by atoms with Crippen LogP contribution in [0.15, 0.2) is 0 Å². The molecule has 0 aromatic heterocycles. The van der Waals surface area contributed by atoms with Crippen molar-refractivity contribution < 1.29 is 22.7 Å². The topological polar surface area (TPSA) is 26.3 Å². The van der Waals surface area contributed by atoms with Crippen LogP contribution in [0.2, 0.25) is 0 Å². The van der Waals surface area contributed by atoms with E-state index in [9.17, 15) is 18.0 Å². The van der Waals surface area contributed by atoms with Crippen molar-refractivity contribution >= 4 is 5.78 Å². The van der Waals surface area contributed by atoms with Crippen LogP contribution >= 0.6 is 0 Å². The van der Waals surface area contributed by atoms with E-state index in [1.807, 2.05) is 0 Å². The SMILES string of the molecule is CC(=O)C1CC(OC(F)(F)F)C1. The Morgan fingerprint density at radius 2 is 1.92 bits per heavy atom. The van der Waals surface area contributed by atoms with Crippen molar-refractivity contribution in [1.82, 2.24) is 0 Å². The molecule has 0 saturated heterocycles. The van der Waals surface area contributed by atoms with Gasteiger partial charge in [0, 0.05) is 5.92 Å². The molecule has 70 valence electrons. The minimum Gasteiger partial charge on any atom is -0.300 e. The fourth-order valence-electron chi connectivity index (χ4n) is 1.18. The molecule has 0 heterocycles. The lowest BCUT2D eigenvalue weighted by Crippen LogP contribution is -2.38. The number of carbonyl (C=O) groups is 1. The maximum Gasteiger partial charge on any atom is 0.522 e. The van der Waals surface area contributed by atoms with E-state index in [0.29, 0.717) is 0 Å². The highest BCUT2D eigenvalue weighted by Gasteiger charge is 2.41. The van der Waals surface area contributed by atoms with Gasteiger partial charge in [-0.05, 0) is 19.8 Å². The minimum absolute atomic E-state index is 0.0583. The van der Waals surface area contributed by atoms with Gasteiger partial charge in [0.1, 0.15) is 5.78 Å². The first-order valence-electron chi connectivity index (χ1n) is 3.63. The van der Waals surface area contributed by atoms with Crippen LogP contribution < -0.4 is 0 Å². The van der Waals surface area contributed by atoms with Crippen LogP contribution in [0.5, 0.6) is 0 Å². The number of ketones is 1. The smallest absolute Gasteiger partial charge is 0.300 e. The summed E-state index contributed by atoms with van der Waals surface area (Å²) in [6, 6.07) is 0. The van der Waals surface area contributed by atoms with Crippen molar-refractivity contribution in [3.63, 3.8) is 0 Å². The maximum atomic E-state index is 11.5. The summed E-state index contributed by atoms with van der Waals surface area (Å²) < 4.78 is 38.3. The molecule has 0 aromatic rings.